The topological polar surface area (TPSA) is 52.3 Å². The molecular formula is C10H19NO2S. The Bertz CT molecular complexity index is 187. The van der Waals surface area contributed by atoms with Gasteiger partial charge in [0.1, 0.15) is 0 Å². The van der Waals surface area contributed by atoms with Gasteiger partial charge in [-0.2, -0.15) is 11.8 Å². The lowest BCUT2D eigenvalue weighted by molar-refractivity contribution is -0.137. The summed E-state index contributed by atoms with van der Waals surface area (Å²) in [4.78, 5) is 10.8. The Morgan fingerprint density at radius 2 is 2.36 bits per heavy atom. The number of thioether (sulfide) groups is 1. The lowest BCUT2D eigenvalue weighted by atomic mass is 10.0. The molecule has 2 atom stereocenters. The van der Waals surface area contributed by atoms with E-state index in [-0.39, 0.29) is 5.97 Å². The summed E-state index contributed by atoms with van der Waals surface area (Å²) in [6.45, 7) is 0. The van der Waals surface area contributed by atoms with Crippen LogP contribution < -0.4 is 5.73 Å². The maximum Gasteiger partial charge on any atom is 0.315 e. The number of hydrogen-bond donors (Lipinski definition) is 1. The summed E-state index contributed by atoms with van der Waals surface area (Å²) in [5, 5.41) is 0. The zero-order valence-electron chi connectivity index (χ0n) is 8.70. The Balaban J connectivity index is 2.01. The quantitative estimate of drug-likeness (QED) is 0.559. The number of hydrogen-bond acceptors (Lipinski definition) is 4. The van der Waals surface area contributed by atoms with Crippen molar-refractivity contribution < 1.29 is 9.53 Å². The average molecular weight is 217 g/mol. The van der Waals surface area contributed by atoms with Crippen LogP contribution in [0.15, 0.2) is 0 Å². The molecule has 2 unspecified atom stereocenters. The van der Waals surface area contributed by atoms with Crippen molar-refractivity contribution in [1.29, 1.82) is 0 Å². The van der Waals surface area contributed by atoms with Gasteiger partial charge >= 0.3 is 5.97 Å². The zero-order chi connectivity index (χ0) is 10.4. The van der Waals surface area contributed by atoms with Crippen LogP contribution in [0.1, 0.15) is 25.7 Å². The summed E-state index contributed by atoms with van der Waals surface area (Å²) in [5.41, 5.74) is 5.95. The fraction of sp³-hybridized carbons (Fsp3) is 0.900. The highest BCUT2D eigenvalue weighted by Gasteiger charge is 2.23. The minimum Gasteiger partial charge on any atom is -0.468 e. The van der Waals surface area contributed by atoms with Gasteiger partial charge in [-0.25, -0.2) is 0 Å². The van der Waals surface area contributed by atoms with E-state index in [9.17, 15) is 4.79 Å². The Morgan fingerprint density at radius 1 is 1.57 bits per heavy atom. The largest absolute Gasteiger partial charge is 0.468 e. The van der Waals surface area contributed by atoms with Gasteiger partial charge in [0.05, 0.1) is 12.9 Å². The van der Waals surface area contributed by atoms with Crippen LogP contribution in [0.2, 0.25) is 0 Å². The van der Waals surface area contributed by atoms with E-state index in [1.165, 1.54) is 26.4 Å². The highest BCUT2D eigenvalue weighted by atomic mass is 32.2. The second kappa shape index (κ2) is 6.30. The molecule has 1 aliphatic rings. The van der Waals surface area contributed by atoms with Crippen LogP contribution >= 0.6 is 11.8 Å². The SMILES string of the molecule is COC(=O)CSCCC1CCCC1N. The molecule has 0 aromatic heterocycles. The summed E-state index contributed by atoms with van der Waals surface area (Å²) in [6, 6.07) is 0.397. The molecule has 0 bridgehead atoms. The first-order valence-electron chi connectivity index (χ1n) is 5.14. The predicted molar refractivity (Wildman–Crippen MR) is 59.3 cm³/mol. The fourth-order valence-electron chi connectivity index (χ4n) is 1.87. The monoisotopic (exact) mass is 217 g/mol. The van der Waals surface area contributed by atoms with Crippen molar-refractivity contribution in [1.82, 2.24) is 0 Å². The van der Waals surface area contributed by atoms with Gasteiger partial charge in [0, 0.05) is 6.04 Å². The molecular weight excluding hydrogens is 198 g/mol. The lowest BCUT2D eigenvalue weighted by Gasteiger charge is -2.14. The van der Waals surface area contributed by atoms with Gasteiger partial charge in [0.25, 0.3) is 0 Å². The van der Waals surface area contributed by atoms with Gasteiger partial charge in [-0.15, -0.1) is 0 Å². The first kappa shape index (κ1) is 11.9. The minimum absolute atomic E-state index is 0.134. The fourth-order valence-corrected chi connectivity index (χ4v) is 2.77. The molecule has 0 saturated heterocycles. The van der Waals surface area contributed by atoms with Gasteiger partial charge < -0.3 is 10.5 Å². The number of carbonyl (C=O) groups is 1. The Hall–Kier alpha value is -0.220. The lowest BCUT2D eigenvalue weighted by Crippen LogP contribution is -2.24. The molecule has 1 saturated carbocycles. The summed E-state index contributed by atoms with van der Waals surface area (Å²) >= 11 is 1.64. The minimum atomic E-state index is -0.134. The molecule has 2 N–H and O–H groups in total. The van der Waals surface area contributed by atoms with Gasteiger partial charge in [0.2, 0.25) is 0 Å². The first-order chi connectivity index (χ1) is 6.74. The number of rotatable bonds is 5. The zero-order valence-corrected chi connectivity index (χ0v) is 9.52. The van der Waals surface area contributed by atoms with Crippen molar-refractivity contribution in [3.8, 4) is 0 Å². The summed E-state index contributed by atoms with van der Waals surface area (Å²) in [6.07, 6.45) is 4.85. The van der Waals surface area contributed by atoms with E-state index in [0.29, 0.717) is 17.7 Å². The Morgan fingerprint density at radius 3 is 2.93 bits per heavy atom. The van der Waals surface area contributed by atoms with Crippen molar-refractivity contribution in [3.05, 3.63) is 0 Å². The number of esters is 1. The third-order valence-corrected chi connectivity index (χ3v) is 3.76. The van der Waals surface area contributed by atoms with Crippen LogP contribution in [0, 0.1) is 5.92 Å². The normalized spacial score (nSPS) is 26.4. The first-order valence-corrected chi connectivity index (χ1v) is 6.29. The van der Waals surface area contributed by atoms with Crippen molar-refractivity contribution in [3.63, 3.8) is 0 Å². The van der Waals surface area contributed by atoms with E-state index in [1.54, 1.807) is 11.8 Å². The Labute approximate surface area is 89.8 Å². The molecule has 3 nitrogen and oxygen atoms in total. The van der Waals surface area contributed by atoms with Crippen molar-refractivity contribution in [2.75, 3.05) is 18.6 Å². The molecule has 0 aromatic rings. The van der Waals surface area contributed by atoms with Gasteiger partial charge in [-0.05, 0) is 30.9 Å². The maximum absolute atomic E-state index is 10.8. The molecule has 0 aromatic carbocycles. The van der Waals surface area contributed by atoms with Gasteiger partial charge in [0.15, 0.2) is 0 Å². The second-order valence-electron chi connectivity index (χ2n) is 3.77. The number of carbonyl (C=O) groups excluding carboxylic acids is 1. The van der Waals surface area contributed by atoms with Crippen LogP contribution in [-0.2, 0) is 9.53 Å². The molecule has 1 rings (SSSR count). The average Bonchev–Trinajstić information content (AvgIpc) is 2.58. The van der Waals surface area contributed by atoms with Crippen molar-refractivity contribution in [2.45, 2.75) is 31.7 Å². The molecule has 4 heteroatoms. The highest BCUT2D eigenvalue weighted by Crippen LogP contribution is 2.27. The van der Waals surface area contributed by atoms with Gasteiger partial charge in [-0.1, -0.05) is 6.42 Å². The van der Waals surface area contributed by atoms with E-state index >= 15 is 0 Å². The predicted octanol–water partition coefficient (Wildman–Crippen LogP) is 1.41. The molecule has 0 amide bonds. The summed E-state index contributed by atoms with van der Waals surface area (Å²) in [5.74, 6) is 2.04. The van der Waals surface area contributed by atoms with Gasteiger partial charge in [-0.3, -0.25) is 4.79 Å². The third-order valence-electron chi connectivity index (χ3n) is 2.80. The molecule has 0 radical (unpaired) electrons. The van der Waals surface area contributed by atoms with Crippen LogP contribution in [-0.4, -0.2) is 30.6 Å². The smallest absolute Gasteiger partial charge is 0.315 e. The van der Waals surface area contributed by atoms with Crippen molar-refractivity contribution in [2.24, 2.45) is 11.7 Å². The Kier molecular flexibility index (Phi) is 5.33. The number of nitrogens with two attached hydrogens (primary N) is 1. The molecule has 82 valence electrons. The van der Waals surface area contributed by atoms with Crippen LogP contribution in [0.3, 0.4) is 0 Å². The molecule has 14 heavy (non-hydrogen) atoms. The molecule has 0 aliphatic heterocycles. The molecule has 1 fully saturated rings. The summed E-state index contributed by atoms with van der Waals surface area (Å²) < 4.78 is 4.56. The molecule has 1 aliphatic carbocycles. The van der Waals surface area contributed by atoms with Crippen LogP contribution in [0.4, 0.5) is 0 Å². The van der Waals surface area contributed by atoms with E-state index in [4.69, 9.17) is 5.73 Å². The van der Waals surface area contributed by atoms with E-state index in [2.05, 4.69) is 4.74 Å². The van der Waals surface area contributed by atoms with Crippen LogP contribution in [0.5, 0.6) is 0 Å². The number of ether oxygens (including phenoxy) is 1. The second-order valence-corrected chi connectivity index (χ2v) is 4.88. The van der Waals surface area contributed by atoms with E-state index in [1.807, 2.05) is 0 Å². The standard InChI is InChI=1S/C10H19NO2S/c1-13-10(12)7-14-6-5-8-3-2-4-9(8)11/h8-9H,2-7,11H2,1H3. The van der Waals surface area contributed by atoms with Crippen LogP contribution in [0.25, 0.3) is 0 Å². The molecule has 0 heterocycles. The maximum atomic E-state index is 10.8. The summed E-state index contributed by atoms with van der Waals surface area (Å²) in [7, 11) is 1.43. The van der Waals surface area contributed by atoms with Crippen molar-refractivity contribution >= 4 is 17.7 Å². The van der Waals surface area contributed by atoms with E-state index < -0.39 is 0 Å². The highest BCUT2D eigenvalue weighted by molar-refractivity contribution is 7.99. The van der Waals surface area contributed by atoms with E-state index in [0.717, 1.165) is 12.2 Å². The third kappa shape index (κ3) is 3.88. The molecule has 0 spiro atoms. The number of methoxy groups -OCH3 is 1.